The predicted molar refractivity (Wildman–Crippen MR) is 119 cm³/mol. The van der Waals surface area contributed by atoms with Crippen LogP contribution in [0.3, 0.4) is 0 Å². The van der Waals surface area contributed by atoms with Gasteiger partial charge in [-0.2, -0.15) is 4.57 Å². The summed E-state index contributed by atoms with van der Waals surface area (Å²) in [5.74, 6) is 0. The number of para-hydroxylation sites is 2. The summed E-state index contributed by atoms with van der Waals surface area (Å²) in [6.45, 7) is 1.71. The minimum atomic E-state index is 0.857. The van der Waals surface area contributed by atoms with Crippen molar-refractivity contribution in [1.29, 1.82) is 0 Å². The van der Waals surface area contributed by atoms with Crippen LogP contribution in [0.5, 0.6) is 0 Å². The Morgan fingerprint density at radius 1 is 0.621 bits per heavy atom. The van der Waals surface area contributed by atoms with E-state index < -0.39 is 0 Å². The zero-order chi connectivity index (χ0) is 19.4. The van der Waals surface area contributed by atoms with Crippen molar-refractivity contribution in [1.82, 2.24) is 9.13 Å². The van der Waals surface area contributed by atoms with Gasteiger partial charge in [-0.15, -0.1) is 0 Å². The standard InChI is InChI=1S/C26H22N3/c1-27-21-7-6-8-22(27)18-29-16-20(24-10-3-5-12-26(24)29)14-13-19-15-28(17-21)25-11-4-2-9-23(19)25/h2-16H,17-18H2,1H3/q+1. The lowest BCUT2D eigenvalue weighted by Gasteiger charge is -2.09. The van der Waals surface area contributed by atoms with Crippen molar-refractivity contribution in [3.05, 3.63) is 102 Å². The molecule has 5 aromatic rings. The fourth-order valence-electron chi connectivity index (χ4n) is 4.60. The van der Waals surface area contributed by atoms with Gasteiger partial charge in [0.1, 0.15) is 20.1 Å². The van der Waals surface area contributed by atoms with Crippen LogP contribution in [0.25, 0.3) is 34.0 Å². The van der Waals surface area contributed by atoms with Gasteiger partial charge in [0.25, 0.3) is 0 Å². The van der Waals surface area contributed by atoms with E-state index in [0.717, 1.165) is 13.1 Å². The first-order valence-corrected chi connectivity index (χ1v) is 10.1. The zero-order valence-electron chi connectivity index (χ0n) is 16.4. The predicted octanol–water partition coefficient (Wildman–Crippen LogP) is 5.00. The summed E-state index contributed by atoms with van der Waals surface area (Å²) in [7, 11) is 2.18. The molecule has 3 nitrogen and oxygen atoms in total. The molecule has 4 heterocycles. The Bertz CT molecular complexity index is 1310. The smallest absolute Gasteiger partial charge is 0.201 e. The van der Waals surface area contributed by atoms with Crippen molar-refractivity contribution < 1.29 is 4.57 Å². The molecular formula is C26H22N3+. The second-order valence-electron chi connectivity index (χ2n) is 7.86. The number of hydrogen-bond donors (Lipinski definition) is 0. The first kappa shape index (κ1) is 16.4. The third-order valence-electron chi connectivity index (χ3n) is 6.18. The quantitative estimate of drug-likeness (QED) is 0.331. The molecule has 0 unspecified atom stereocenters. The molecule has 0 saturated heterocycles. The van der Waals surface area contributed by atoms with Crippen LogP contribution in [0.4, 0.5) is 0 Å². The molecule has 2 aromatic carbocycles. The summed E-state index contributed by atoms with van der Waals surface area (Å²) in [4.78, 5) is 0. The van der Waals surface area contributed by atoms with Crippen LogP contribution in [0.1, 0.15) is 22.5 Å². The van der Waals surface area contributed by atoms with Crippen molar-refractivity contribution >= 4 is 34.0 Å². The van der Waals surface area contributed by atoms with E-state index in [-0.39, 0.29) is 0 Å². The van der Waals surface area contributed by atoms with Crippen molar-refractivity contribution in [3.8, 4) is 0 Å². The SMILES string of the molecule is C[n+]1c2cccc1Cn1cc(c3ccccc31)C=Cc1cn(c3ccccc13)C2. The third-order valence-corrected chi connectivity index (χ3v) is 6.18. The minimum absolute atomic E-state index is 0.857. The maximum absolute atomic E-state index is 2.37. The van der Waals surface area contributed by atoms with Gasteiger partial charge >= 0.3 is 0 Å². The Hall–Kier alpha value is -3.59. The Balaban J connectivity index is 1.68. The van der Waals surface area contributed by atoms with E-state index in [1.807, 2.05) is 0 Å². The van der Waals surface area contributed by atoms with Crippen molar-refractivity contribution in [3.63, 3.8) is 0 Å². The molecule has 0 atom stereocenters. The zero-order valence-corrected chi connectivity index (χ0v) is 16.4. The van der Waals surface area contributed by atoms with E-state index in [1.165, 1.54) is 44.3 Å². The highest BCUT2D eigenvalue weighted by Crippen LogP contribution is 2.27. The first-order valence-electron chi connectivity index (χ1n) is 10.1. The van der Waals surface area contributed by atoms with Gasteiger partial charge in [-0.05, 0) is 18.2 Å². The van der Waals surface area contributed by atoms with Gasteiger partial charge in [0.2, 0.25) is 11.4 Å². The maximum atomic E-state index is 2.37. The Labute approximate surface area is 169 Å². The molecule has 6 rings (SSSR count). The van der Waals surface area contributed by atoms with Gasteiger partial charge in [0.15, 0.2) is 0 Å². The number of rotatable bonds is 0. The number of nitrogens with zero attached hydrogens (tertiary/aromatic N) is 3. The molecule has 1 aliphatic heterocycles. The molecule has 0 amide bonds. The lowest BCUT2D eigenvalue weighted by molar-refractivity contribution is -0.687. The van der Waals surface area contributed by atoms with Gasteiger partial charge < -0.3 is 9.13 Å². The number of fused-ring (bicyclic) bond motifs is 12. The molecule has 0 N–H and O–H groups in total. The van der Waals surface area contributed by atoms with Gasteiger partial charge in [-0.25, -0.2) is 0 Å². The average Bonchev–Trinajstić information content (AvgIpc) is 3.27. The molecule has 29 heavy (non-hydrogen) atoms. The molecule has 1 aliphatic rings. The second-order valence-corrected chi connectivity index (χ2v) is 7.86. The molecule has 0 saturated carbocycles. The largest absolute Gasteiger partial charge is 0.336 e. The molecule has 0 spiro atoms. The van der Waals surface area contributed by atoms with Crippen LogP contribution in [0, 0.1) is 0 Å². The van der Waals surface area contributed by atoms with Gasteiger partial charge in [0, 0.05) is 57.5 Å². The number of pyridine rings is 1. The van der Waals surface area contributed by atoms with Crippen LogP contribution in [-0.4, -0.2) is 9.13 Å². The van der Waals surface area contributed by atoms with Crippen LogP contribution in [0.15, 0.2) is 79.1 Å². The molecular weight excluding hydrogens is 354 g/mol. The average molecular weight is 376 g/mol. The lowest BCUT2D eigenvalue weighted by atomic mass is 10.1. The number of hydrogen-bond acceptors (Lipinski definition) is 0. The van der Waals surface area contributed by atoms with Crippen LogP contribution in [-0.2, 0) is 20.1 Å². The molecule has 140 valence electrons. The van der Waals surface area contributed by atoms with Crippen molar-refractivity contribution in [2.45, 2.75) is 13.1 Å². The van der Waals surface area contributed by atoms with E-state index in [2.05, 4.69) is 112 Å². The second kappa shape index (κ2) is 6.21. The summed E-state index contributed by atoms with van der Waals surface area (Å²) in [5.41, 5.74) is 7.67. The van der Waals surface area contributed by atoms with Crippen LogP contribution in [0.2, 0.25) is 0 Å². The topological polar surface area (TPSA) is 13.7 Å². The summed E-state index contributed by atoms with van der Waals surface area (Å²) in [5, 5.41) is 2.59. The van der Waals surface area contributed by atoms with E-state index in [4.69, 9.17) is 0 Å². The highest BCUT2D eigenvalue weighted by Gasteiger charge is 2.17. The molecule has 0 fully saturated rings. The van der Waals surface area contributed by atoms with E-state index in [1.54, 1.807) is 0 Å². The third kappa shape index (κ3) is 2.54. The number of benzene rings is 2. The lowest BCUT2D eigenvalue weighted by Crippen LogP contribution is -2.39. The summed E-state index contributed by atoms with van der Waals surface area (Å²) < 4.78 is 7.08. The first-order chi connectivity index (χ1) is 14.3. The molecule has 3 aromatic heterocycles. The van der Waals surface area contributed by atoms with Gasteiger partial charge in [0.05, 0.1) is 0 Å². The van der Waals surface area contributed by atoms with Crippen molar-refractivity contribution in [2.75, 3.05) is 0 Å². The minimum Gasteiger partial charge on any atom is -0.336 e. The molecule has 0 aliphatic carbocycles. The fourth-order valence-corrected chi connectivity index (χ4v) is 4.60. The van der Waals surface area contributed by atoms with Crippen LogP contribution >= 0.6 is 0 Å². The monoisotopic (exact) mass is 376 g/mol. The molecule has 6 bridgehead atoms. The maximum Gasteiger partial charge on any atom is 0.201 e. The summed E-state index contributed by atoms with van der Waals surface area (Å²) >= 11 is 0. The fraction of sp³-hybridized carbons (Fsp3) is 0.115. The Kier molecular flexibility index (Phi) is 3.51. The van der Waals surface area contributed by atoms with Crippen molar-refractivity contribution in [2.24, 2.45) is 7.05 Å². The van der Waals surface area contributed by atoms with Gasteiger partial charge in [-0.1, -0.05) is 48.6 Å². The molecule has 3 heteroatoms. The van der Waals surface area contributed by atoms with E-state index >= 15 is 0 Å². The summed E-state index contributed by atoms with van der Waals surface area (Å²) in [6, 6.07) is 24.0. The van der Waals surface area contributed by atoms with E-state index in [9.17, 15) is 0 Å². The Morgan fingerprint density at radius 3 is 1.62 bits per heavy atom. The highest BCUT2D eigenvalue weighted by atomic mass is 15.1. The normalized spacial score (nSPS) is 13.3. The Morgan fingerprint density at radius 2 is 1.10 bits per heavy atom. The van der Waals surface area contributed by atoms with E-state index in [0.29, 0.717) is 0 Å². The van der Waals surface area contributed by atoms with Crippen LogP contribution < -0.4 is 4.57 Å². The summed E-state index contributed by atoms with van der Waals surface area (Å²) in [6.07, 6.45) is 9.09. The van der Waals surface area contributed by atoms with Gasteiger partial charge in [-0.3, -0.25) is 0 Å². The molecule has 0 radical (unpaired) electrons. The highest BCUT2D eigenvalue weighted by molar-refractivity contribution is 5.96. The number of aromatic nitrogens is 3.